The van der Waals surface area contributed by atoms with Crippen molar-refractivity contribution in [3.63, 3.8) is 0 Å². The fourth-order valence-corrected chi connectivity index (χ4v) is 7.05. The van der Waals surface area contributed by atoms with Gasteiger partial charge in [0.25, 0.3) is 0 Å². The Kier molecular flexibility index (Phi) is 20.4. The lowest BCUT2D eigenvalue weighted by Gasteiger charge is -2.27. The van der Waals surface area contributed by atoms with Crippen LogP contribution in [0.15, 0.2) is 54.7 Å². The van der Waals surface area contributed by atoms with Crippen LogP contribution in [0.4, 0.5) is 0 Å². The molecule has 1 aromatic heterocycles. The second-order valence-corrected chi connectivity index (χ2v) is 17.0. The maximum absolute atomic E-state index is 14.2. The number of carboxylic acids is 2. The van der Waals surface area contributed by atoms with E-state index in [1.165, 1.54) is 23.9 Å². The number of aromatic hydroxyl groups is 1. The third-order valence-corrected chi connectivity index (χ3v) is 10.6. The first kappa shape index (κ1) is 51.2. The fraction of sp³-hybridized carbons (Fsp3) is 0.488. The van der Waals surface area contributed by atoms with E-state index in [-0.39, 0.29) is 43.8 Å². The van der Waals surface area contributed by atoms with Gasteiger partial charge in [0.1, 0.15) is 36.0 Å². The molecule has 344 valence electrons. The van der Waals surface area contributed by atoms with Crippen LogP contribution in [0.3, 0.4) is 0 Å². The monoisotopic (exact) mass is 896 g/mol. The molecule has 0 bridgehead atoms. The number of hydrogen-bond acceptors (Lipinski definition) is 11. The minimum Gasteiger partial charge on any atom is -0.508 e. The van der Waals surface area contributed by atoms with Gasteiger partial charge in [-0.25, -0.2) is 4.79 Å². The summed E-state index contributed by atoms with van der Waals surface area (Å²) < 4.78 is 0. The zero-order valence-electron chi connectivity index (χ0n) is 36.1. The van der Waals surface area contributed by atoms with Crippen molar-refractivity contribution in [2.45, 2.75) is 102 Å². The summed E-state index contributed by atoms with van der Waals surface area (Å²) in [5.41, 5.74) is 8.13. The number of rotatable bonds is 26. The molecule has 19 nitrogen and oxygen atoms in total. The highest BCUT2D eigenvalue weighted by Crippen LogP contribution is 2.20. The number of amides is 6. The van der Waals surface area contributed by atoms with Crippen LogP contribution in [-0.2, 0) is 51.2 Å². The summed E-state index contributed by atoms with van der Waals surface area (Å²) in [4.78, 5) is 108. The van der Waals surface area contributed by atoms with E-state index in [0.29, 0.717) is 16.9 Å². The number of thioether (sulfide) groups is 1. The number of nitrogens with one attached hydrogen (secondary N) is 7. The lowest BCUT2D eigenvalue weighted by Crippen LogP contribution is -2.59. The molecule has 3 aromatic rings. The Morgan fingerprint density at radius 3 is 1.95 bits per heavy atom. The van der Waals surface area contributed by atoms with Crippen molar-refractivity contribution in [1.29, 1.82) is 0 Å². The van der Waals surface area contributed by atoms with Gasteiger partial charge in [0.15, 0.2) is 0 Å². The first-order valence-electron chi connectivity index (χ1n) is 20.6. The largest absolute Gasteiger partial charge is 0.508 e. The predicted molar refractivity (Wildman–Crippen MR) is 236 cm³/mol. The van der Waals surface area contributed by atoms with E-state index in [1.807, 2.05) is 32.0 Å². The molecule has 63 heavy (non-hydrogen) atoms. The number of phenolic OH excluding ortho intramolecular Hbond substituents is 1. The molecule has 20 heteroatoms. The second-order valence-electron chi connectivity index (χ2n) is 16.0. The van der Waals surface area contributed by atoms with E-state index in [2.05, 4.69) is 36.9 Å². The molecule has 0 saturated carbocycles. The van der Waals surface area contributed by atoms with Crippen LogP contribution in [0.2, 0.25) is 0 Å². The Balaban J connectivity index is 1.80. The van der Waals surface area contributed by atoms with Gasteiger partial charge in [-0.15, -0.1) is 0 Å². The van der Waals surface area contributed by atoms with E-state index in [1.54, 1.807) is 44.5 Å². The zero-order valence-corrected chi connectivity index (χ0v) is 36.9. The Labute approximate surface area is 369 Å². The fourth-order valence-electron chi connectivity index (χ4n) is 6.58. The van der Waals surface area contributed by atoms with Crippen LogP contribution in [0.1, 0.15) is 64.5 Å². The molecule has 0 aliphatic rings. The molecular weight excluding hydrogens is 837 g/mol. The zero-order chi connectivity index (χ0) is 46.8. The lowest BCUT2D eigenvalue weighted by atomic mass is 10.00. The summed E-state index contributed by atoms with van der Waals surface area (Å²) in [7, 11) is 0. The highest BCUT2D eigenvalue weighted by molar-refractivity contribution is 7.98. The Morgan fingerprint density at radius 1 is 0.714 bits per heavy atom. The summed E-state index contributed by atoms with van der Waals surface area (Å²) >= 11 is 1.42. The van der Waals surface area contributed by atoms with Gasteiger partial charge in [-0.2, -0.15) is 11.8 Å². The molecule has 0 unspecified atom stereocenters. The molecule has 3 rings (SSSR count). The summed E-state index contributed by atoms with van der Waals surface area (Å²) in [6, 6.07) is 5.75. The highest BCUT2D eigenvalue weighted by Gasteiger charge is 2.33. The number of para-hydroxylation sites is 1. The topological polar surface area (TPSA) is 311 Å². The Bertz CT molecular complexity index is 2060. The predicted octanol–water partition coefficient (Wildman–Crippen LogP) is 0.931. The van der Waals surface area contributed by atoms with Gasteiger partial charge in [-0.3, -0.25) is 33.6 Å². The number of carbonyl (C=O) groups excluding carboxylic acids is 6. The molecule has 6 amide bonds. The van der Waals surface area contributed by atoms with Gasteiger partial charge < -0.3 is 57.9 Å². The molecule has 0 radical (unpaired) electrons. The average Bonchev–Trinajstić information content (AvgIpc) is 3.63. The number of phenols is 1. The minimum atomic E-state index is -1.44. The Morgan fingerprint density at radius 2 is 1.33 bits per heavy atom. The molecule has 2 aromatic carbocycles. The van der Waals surface area contributed by atoms with Crippen molar-refractivity contribution < 1.29 is 53.7 Å². The quantitative estimate of drug-likeness (QED) is 0.0535. The molecule has 0 aliphatic heterocycles. The van der Waals surface area contributed by atoms with Gasteiger partial charge in [-0.1, -0.05) is 58.0 Å². The highest BCUT2D eigenvalue weighted by atomic mass is 32.2. The van der Waals surface area contributed by atoms with Gasteiger partial charge in [0.2, 0.25) is 35.4 Å². The Hall–Kier alpha value is -6.15. The normalized spacial score (nSPS) is 14.1. The number of nitrogens with two attached hydrogens (primary N) is 1. The van der Waals surface area contributed by atoms with Gasteiger partial charge in [-0.05, 0) is 78.9 Å². The number of aromatic amines is 1. The number of carbonyl (C=O) groups is 8. The number of benzene rings is 2. The molecule has 0 fully saturated rings. The van der Waals surface area contributed by atoms with Crippen LogP contribution in [-0.4, -0.2) is 122 Å². The number of carboxylic acid groups (broad SMARTS) is 2. The van der Waals surface area contributed by atoms with Crippen molar-refractivity contribution in [2.24, 2.45) is 17.6 Å². The molecule has 0 saturated heterocycles. The number of fused-ring (bicyclic) bond motifs is 1. The number of aromatic nitrogens is 1. The SMILES string of the molecule is CSCC[C@H](NC(=O)[C@H](CC(C)C)NC(=O)CNC(=O)[C@@H](NC(=O)[C@H](Cc1c[nH]c2ccccc12)NC(=O)[C@H](CCC(=O)O)NC(=O)[C@@H](N)Cc1ccc(O)cc1)C(C)C)C(=O)O. The standard InChI is InChI=1S/C43H60N8O11S/c1-23(2)18-33(40(58)49-32(43(61)62)16-17-63-5)47-35(53)22-46-42(60)37(24(3)4)51-41(59)34(20-26-21-45-30-9-7-6-8-28(26)30)50-39(57)31(14-15-36(54)55)48-38(56)29(44)19-25-10-12-27(52)13-11-25/h6-13,21,23-24,29,31-34,37,45,52H,14-20,22,44H2,1-5H3,(H,46,60)(H,47,53)(H,48,56)(H,49,58)(H,50,57)(H,51,59)(H,54,55)(H,61,62)/t29-,31-,32-,33-,34-,37-/m0/s1. The third-order valence-electron chi connectivity index (χ3n) is 9.99. The second kappa shape index (κ2) is 25.1. The van der Waals surface area contributed by atoms with Crippen LogP contribution < -0.4 is 37.6 Å². The summed E-state index contributed by atoms with van der Waals surface area (Å²) in [6.45, 7) is 6.35. The maximum atomic E-state index is 14.2. The van der Waals surface area contributed by atoms with Gasteiger partial charge >= 0.3 is 11.9 Å². The molecule has 12 N–H and O–H groups in total. The summed E-state index contributed by atoms with van der Waals surface area (Å²) in [5.74, 6) is -7.21. The maximum Gasteiger partial charge on any atom is 0.326 e. The van der Waals surface area contributed by atoms with E-state index >= 15 is 0 Å². The van der Waals surface area contributed by atoms with Crippen molar-refractivity contribution >= 4 is 70.0 Å². The van der Waals surface area contributed by atoms with Crippen molar-refractivity contribution in [3.8, 4) is 5.75 Å². The average molecular weight is 897 g/mol. The number of H-pyrrole nitrogens is 1. The van der Waals surface area contributed by atoms with E-state index < -0.39 is 103 Å². The number of aliphatic carboxylic acids is 2. The smallest absolute Gasteiger partial charge is 0.326 e. The van der Waals surface area contributed by atoms with Crippen LogP contribution in [0.25, 0.3) is 10.9 Å². The molecule has 6 atom stereocenters. The summed E-state index contributed by atoms with van der Waals surface area (Å²) in [6.07, 6.45) is 2.89. The van der Waals surface area contributed by atoms with Crippen LogP contribution in [0, 0.1) is 11.8 Å². The molecule has 0 spiro atoms. The molecule has 1 heterocycles. The van der Waals surface area contributed by atoms with Crippen molar-refractivity contribution in [1.82, 2.24) is 36.9 Å². The van der Waals surface area contributed by atoms with Gasteiger partial charge in [0.05, 0.1) is 12.6 Å². The number of hydrogen-bond donors (Lipinski definition) is 11. The van der Waals surface area contributed by atoms with E-state index in [0.717, 1.165) is 10.9 Å². The summed E-state index contributed by atoms with van der Waals surface area (Å²) in [5, 5.41) is 44.7. The van der Waals surface area contributed by atoms with Gasteiger partial charge in [0, 0.05) is 29.9 Å². The minimum absolute atomic E-state index is 0.0153. The first-order chi connectivity index (χ1) is 29.8. The van der Waals surface area contributed by atoms with Crippen molar-refractivity contribution in [3.05, 3.63) is 65.9 Å². The lowest BCUT2D eigenvalue weighted by molar-refractivity contribution is -0.142. The van der Waals surface area contributed by atoms with E-state index in [9.17, 15) is 53.7 Å². The van der Waals surface area contributed by atoms with Crippen LogP contribution >= 0.6 is 11.8 Å². The first-order valence-corrected chi connectivity index (χ1v) is 22.0. The van der Waals surface area contributed by atoms with Crippen molar-refractivity contribution in [2.75, 3.05) is 18.6 Å². The van der Waals surface area contributed by atoms with Crippen LogP contribution in [0.5, 0.6) is 5.75 Å². The van der Waals surface area contributed by atoms with E-state index in [4.69, 9.17) is 5.73 Å². The molecular formula is C43H60N8O11S. The third kappa shape index (κ3) is 16.9. The molecule has 0 aliphatic carbocycles.